The Labute approximate surface area is 126 Å². The van der Waals surface area contributed by atoms with Gasteiger partial charge in [-0.2, -0.15) is 0 Å². The van der Waals surface area contributed by atoms with Crippen molar-refractivity contribution in [1.82, 2.24) is 14.5 Å². The number of rotatable bonds is 4. The van der Waals surface area contributed by atoms with Crippen LogP contribution in [0.1, 0.15) is 45.4 Å². The summed E-state index contributed by atoms with van der Waals surface area (Å²) < 4.78 is 1.76. The van der Waals surface area contributed by atoms with Gasteiger partial charge in [-0.25, -0.2) is 4.98 Å². The zero-order valence-electron chi connectivity index (χ0n) is 13.1. The lowest BCUT2D eigenvalue weighted by Crippen LogP contribution is -2.53. The van der Waals surface area contributed by atoms with Gasteiger partial charge >= 0.3 is 0 Å². The van der Waals surface area contributed by atoms with Crippen molar-refractivity contribution in [2.75, 3.05) is 12.4 Å². The summed E-state index contributed by atoms with van der Waals surface area (Å²) in [6, 6.07) is 1.71. The van der Waals surface area contributed by atoms with Gasteiger partial charge in [-0.3, -0.25) is 4.79 Å². The molecule has 21 heavy (non-hydrogen) atoms. The molecule has 1 aromatic heterocycles. The van der Waals surface area contributed by atoms with E-state index >= 15 is 0 Å². The van der Waals surface area contributed by atoms with E-state index in [9.17, 15) is 4.79 Å². The number of nitrogens with zero attached hydrogens (tertiary/aromatic N) is 3. The zero-order chi connectivity index (χ0) is 14.8. The number of anilines is 1. The molecule has 0 aromatic carbocycles. The first kappa shape index (κ1) is 14.6. The summed E-state index contributed by atoms with van der Waals surface area (Å²) in [6.45, 7) is 2.84. The van der Waals surface area contributed by atoms with Gasteiger partial charge in [0.05, 0.1) is 0 Å². The van der Waals surface area contributed by atoms with E-state index in [1.54, 1.807) is 17.0 Å². The lowest BCUT2D eigenvalue weighted by molar-refractivity contribution is 0.0607. The zero-order valence-corrected chi connectivity index (χ0v) is 13.1. The van der Waals surface area contributed by atoms with Crippen LogP contribution in [0, 0.1) is 0 Å². The van der Waals surface area contributed by atoms with E-state index in [2.05, 4.69) is 29.2 Å². The molecule has 0 aliphatic carbocycles. The highest BCUT2D eigenvalue weighted by Gasteiger charge is 2.36. The molecule has 1 N–H and O–H groups in total. The van der Waals surface area contributed by atoms with Crippen LogP contribution in [0.2, 0.25) is 0 Å². The molecule has 2 unspecified atom stereocenters. The fourth-order valence-electron chi connectivity index (χ4n) is 3.89. The molecule has 0 amide bonds. The van der Waals surface area contributed by atoms with Gasteiger partial charge in [-0.15, -0.1) is 0 Å². The molecule has 5 heteroatoms. The Kier molecular flexibility index (Phi) is 4.29. The first-order valence-electron chi connectivity index (χ1n) is 8.23. The highest BCUT2D eigenvalue weighted by atomic mass is 16.1. The SMILES string of the molecule is CCCn1ccnc(NC2CC3CCCC(C2)N3C)c1=O. The molecule has 2 fully saturated rings. The quantitative estimate of drug-likeness (QED) is 0.922. The molecule has 2 aliphatic heterocycles. The Morgan fingerprint density at radius 2 is 2.05 bits per heavy atom. The summed E-state index contributed by atoms with van der Waals surface area (Å²) in [7, 11) is 2.25. The molecule has 0 spiro atoms. The second kappa shape index (κ2) is 6.18. The fourth-order valence-corrected chi connectivity index (χ4v) is 3.89. The minimum absolute atomic E-state index is 0.0171. The summed E-state index contributed by atoms with van der Waals surface area (Å²) in [5.74, 6) is 0.526. The van der Waals surface area contributed by atoms with E-state index in [1.807, 2.05) is 0 Å². The van der Waals surface area contributed by atoms with E-state index < -0.39 is 0 Å². The van der Waals surface area contributed by atoms with Gasteiger partial charge in [0.1, 0.15) is 0 Å². The number of hydrogen-bond donors (Lipinski definition) is 1. The normalized spacial score (nSPS) is 29.3. The maximum Gasteiger partial charge on any atom is 0.293 e. The molecule has 116 valence electrons. The van der Waals surface area contributed by atoms with Crippen molar-refractivity contribution in [2.24, 2.45) is 0 Å². The van der Waals surface area contributed by atoms with E-state index in [1.165, 1.54) is 19.3 Å². The second-order valence-electron chi connectivity index (χ2n) is 6.49. The molecule has 2 bridgehead atoms. The van der Waals surface area contributed by atoms with Crippen molar-refractivity contribution in [2.45, 2.75) is 70.1 Å². The van der Waals surface area contributed by atoms with Gasteiger partial charge in [0.15, 0.2) is 5.82 Å². The van der Waals surface area contributed by atoms with Crippen LogP contribution in [0.4, 0.5) is 5.82 Å². The third kappa shape index (κ3) is 2.98. The van der Waals surface area contributed by atoms with Crippen LogP contribution in [0.25, 0.3) is 0 Å². The molecule has 2 atom stereocenters. The van der Waals surface area contributed by atoms with Gasteiger partial charge in [-0.1, -0.05) is 13.3 Å². The van der Waals surface area contributed by atoms with Crippen LogP contribution in [-0.2, 0) is 6.54 Å². The lowest BCUT2D eigenvalue weighted by atomic mass is 9.82. The molecule has 0 saturated carbocycles. The van der Waals surface area contributed by atoms with Gasteiger partial charge in [0.25, 0.3) is 5.56 Å². The summed E-state index contributed by atoms with van der Waals surface area (Å²) in [4.78, 5) is 19.2. The average Bonchev–Trinajstić information content (AvgIpc) is 2.44. The van der Waals surface area contributed by atoms with E-state index in [0.29, 0.717) is 23.9 Å². The maximum atomic E-state index is 12.4. The number of hydrogen-bond acceptors (Lipinski definition) is 4. The third-order valence-electron chi connectivity index (χ3n) is 5.06. The number of nitrogens with one attached hydrogen (secondary N) is 1. The van der Waals surface area contributed by atoms with Crippen LogP contribution >= 0.6 is 0 Å². The van der Waals surface area contributed by atoms with Crippen LogP contribution in [-0.4, -0.2) is 39.6 Å². The van der Waals surface area contributed by atoms with Crippen molar-refractivity contribution in [1.29, 1.82) is 0 Å². The van der Waals surface area contributed by atoms with Crippen molar-refractivity contribution >= 4 is 5.82 Å². The minimum Gasteiger partial charge on any atom is -0.363 e. The van der Waals surface area contributed by atoms with Crippen molar-refractivity contribution in [3.63, 3.8) is 0 Å². The molecule has 3 heterocycles. The van der Waals surface area contributed by atoms with Crippen LogP contribution in [0.3, 0.4) is 0 Å². The minimum atomic E-state index is 0.0171. The van der Waals surface area contributed by atoms with Crippen LogP contribution in [0.15, 0.2) is 17.2 Å². The maximum absolute atomic E-state index is 12.4. The highest BCUT2D eigenvalue weighted by molar-refractivity contribution is 5.32. The standard InChI is InChI=1S/C16H26N4O/c1-3-8-20-9-7-17-15(16(20)21)18-12-10-13-5-4-6-14(11-12)19(13)2/h7,9,12-14H,3-6,8,10-11H2,1-2H3,(H,17,18). The topological polar surface area (TPSA) is 50.2 Å². The van der Waals surface area contributed by atoms with Crippen molar-refractivity contribution < 1.29 is 0 Å². The average molecular weight is 290 g/mol. The summed E-state index contributed by atoms with van der Waals surface area (Å²) >= 11 is 0. The molecular weight excluding hydrogens is 264 g/mol. The summed E-state index contributed by atoms with van der Waals surface area (Å²) in [5, 5.41) is 3.43. The Morgan fingerprint density at radius 3 is 2.71 bits per heavy atom. The number of piperidine rings is 2. The van der Waals surface area contributed by atoms with E-state index in [-0.39, 0.29) is 5.56 Å². The van der Waals surface area contributed by atoms with Crippen LogP contribution in [0.5, 0.6) is 0 Å². The smallest absolute Gasteiger partial charge is 0.293 e. The third-order valence-corrected chi connectivity index (χ3v) is 5.06. The molecule has 3 rings (SSSR count). The van der Waals surface area contributed by atoms with Crippen molar-refractivity contribution in [3.05, 3.63) is 22.7 Å². The Hall–Kier alpha value is -1.36. The molecule has 0 radical (unpaired) electrons. The Morgan fingerprint density at radius 1 is 1.33 bits per heavy atom. The molecule has 5 nitrogen and oxygen atoms in total. The lowest BCUT2D eigenvalue weighted by Gasteiger charge is -2.47. The number of aromatic nitrogens is 2. The van der Waals surface area contributed by atoms with Crippen LogP contribution < -0.4 is 10.9 Å². The first-order chi connectivity index (χ1) is 10.2. The monoisotopic (exact) mass is 290 g/mol. The molecular formula is C16H26N4O. The Bertz CT molecular complexity index is 527. The van der Waals surface area contributed by atoms with E-state index in [4.69, 9.17) is 0 Å². The fraction of sp³-hybridized carbons (Fsp3) is 0.750. The first-order valence-corrected chi connectivity index (χ1v) is 8.23. The van der Waals surface area contributed by atoms with Gasteiger partial charge in [-0.05, 0) is 39.2 Å². The molecule has 2 aliphatic rings. The largest absolute Gasteiger partial charge is 0.363 e. The molecule has 2 saturated heterocycles. The van der Waals surface area contributed by atoms with Gasteiger partial charge in [0.2, 0.25) is 0 Å². The molecule has 1 aromatic rings. The Balaban J connectivity index is 1.73. The van der Waals surface area contributed by atoms with E-state index in [0.717, 1.165) is 25.8 Å². The summed E-state index contributed by atoms with van der Waals surface area (Å²) in [5.41, 5.74) is 0.0171. The highest BCUT2D eigenvalue weighted by Crippen LogP contribution is 2.33. The van der Waals surface area contributed by atoms with Crippen molar-refractivity contribution in [3.8, 4) is 0 Å². The second-order valence-corrected chi connectivity index (χ2v) is 6.49. The summed E-state index contributed by atoms with van der Waals surface area (Å²) in [6.07, 6.45) is 10.6. The predicted octanol–water partition coefficient (Wildman–Crippen LogP) is 2.08. The van der Waals surface area contributed by atoms with Gasteiger partial charge in [0, 0.05) is 37.1 Å². The number of fused-ring (bicyclic) bond motifs is 2. The predicted molar refractivity (Wildman–Crippen MR) is 84.6 cm³/mol. The number of aryl methyl sites for hydroxylation is 1. The van der Waals surface area contributed by atoms with Gasteiger partial charge < -0.3 is 14.8 Å².